The fraction of sp³-hybridized carbons (Fsp3) is 0.636. The molecule has 5 heteroatoms. The van der Waals surface area contributed by atoms with Crippen LogP contribution in [0.2, 0.25) is 0 Å². The first-order valence-corrected chi connectivity index (χ1v) is 5.72. The Labute approximate surface area is 95.6 Å². The molecule has 1 saturated heterocycles. The van der Waals surface area contributed by atoms with Gasteiger partial charge in [0.05, 0.1) is 7.11 Å². The second-order valence-corrected chi connectivity index (χ2v) is 3.95. The molecule has 0 saturated carbocycles. The molecule has 0 bridgehead atoms. The van der Waals surface area contributed by atoms with E-state index in [1.165, 1.54) is 19.2 Å². The van der Waals surface area contributed by atoms with Gasteiger partial charge in [0.25, 0.3) is 0 Å². The average molecular weight is 222 g/mol. The molecule has 1 fully saturated rings. The zero-order valence-electron chi connectivity index (χ0n) is 9.57. The van der Waals surface area contributed by atoms with Crippen molar-refractivity contribution in [2.75, 3.05) is 25.5 Å². The zero-order valence-corrected chi connectivity index (χ0v) is 9.57. The first-order valence-electron chi connectivity index (χ1n) is 5.72. The summed E-state index contributed by atoms with van der Waals surface area (Å²) in [4.78, 5) is 8.09. The van der Waals surface area contributed by atoms with E-state index in [2.05, 4.69) is 20.6 Å². The van der Waals surface area contributed by atoms with Gasteiger partial charge in [0.2, 0.25) is 5.88 Å². The maximum Gasteiger partial charge on any atom is 0.218 e. The number of hydrogen-bond donors (Lipinski definition) is 2. The Kier molecular flexibility index (Phi) is 3.93. The minimum absolute atomic E-state index is 0.594. The van der Waals surface area contributed by atoms with Gasteiger partial charge >= 0.3 is 0 Å². The Morgan fingerprint density at radius 1 is 1.56 bits per heavy atom. The van der Waals surface area contributed by atoms with E-state index in [1.54, 1.807) is 7.11 Å². The summed E-state index contributed by atoms with van der Waals surface area (Å²) in [6.45, 7) is 2.09. The van der Waals surface area contributed by atoms with Crippen LogP contribution in [0.4, 0.5) is 5.82 Å². The molecule has 2 N–H and O–H groups in total. The van der Waals surface area contributed by atoms with Crippen molar-refractivity contribution in [3.63, 3.8) is 0 Å². The van der Waals surface area contributed by atoms with Gasteiger partial charge in [0, 0.05) is 18.7 Å². The maximum absolute atomic E-state index is 5.03. The Balaban J connectivity index is 1.75. The third-order valence-electron chi connectivity index (χ3n) is 2.81. The number of methoxy groups -OCH3 is 1. The third-order valence-corrected chi connectivity index (χ3v) is 2.81. The van der Waals surface area contributed by atoms with E-state index in [4.69, 9.17) is 4.74 Å². The molecule has 16 heavy (non-hydrogen) atoms. The van der Waals surface area contributed by atoms with Gasteiger partial charge in [0.15, 0.2) is 0 Å². The second kappa shape index (κ2) is 5.65. The monoisotopic (exact) mass is 222 g/mol. The van der Waals surface area contributed by atoms with Gasteiger partial charge in [-0.1, -0.05) is 0 Å². The van der Waals surface area contributed by atoms with Crippen LogP contribution in [0.15, 0.2) is 12.4 Å². The molecule has 5 nitrogen and oxygen atoms in total. The third kappa shape index (κ3) is 3.06. The standard InChI is InChI=1S/C11H18N4O/c1-16-11-7-10(14-8-15-11)13-6-4-9-3-2-5-12-9/h7-9,12H,2-6H2,1H3,(H,13,14,15)/t9-/m0/s1. The maximum atomic E-state index is 5.03. The summed E-state index contributed by atoms with van der Waals surface area (Å²) in [5.74, 6) is 1.42. The van der Waals surface area contributed by atoms with Crippen LogP contribution >= 0.6 is 0 Å². The highest BCUT2D eigenvalue weighted by molar-refractivity contribution is 5.36. The van der Waals surface area contributed by atoms with Crippen molar-refractivity contribution in [2.24, 2.45) is 0 Å². The number of aromatic nitrogens is 2. The fourth-order valence-corrected chi connectivity index (χ4v) is 1.93. The molecular formula is C11H18N4O. The SMILES string of the molecule is COc1cc(NCC[C@@H]2CCCN2)ncn1. The Morgan fingerprint density at radius 3 is 3.25 bits per heavy atom. The minimum Gasteiger partial charge on any atom is -0.481 e. The molecule has 2 heterocycles. The number of hydrogen-bond acceptors (Lipinski definition) is 5. The highest BCUT2D eigenvalue weighted by Crippen LogP contribution is 2.12. The lowest BCUT2D eigenvalue weighted by atomic mass is 10.1. The van der Waals surface area contributed by atoms with E-state index < -0.39 is 0 Å². The minimum atomic E-state index is 0.594. The summed E-state index contributed by atoms with van der Waals surface area (Å²) in [5.41, 5.74) is 0. The summed E-state index contributed by atoms with van der Waals surface area (Å²) in [6, 6.07) is 2.47. The summed E-state index contributed by atoms with van der Waals surface area (Å²) in [7, 11) is 1.61. The second-order valence-electron chi connectivity index (χ2n) is 3.95. The van der Waals surface area contributed by atoms with Crippen LogP contribution in [0.3, 0.4) is 0 Å². The van der Waals surface area contributed by atoms with Crippen molar-refractivity contribution in [1.29, 1.82) is 0 Å². The summed E-state index contributed by atoms with van der Waals surface area (Å²) in [5, 5.41) is 6.74. The summed E-state index contributed by atoms with van der Waals surface area (Å²) in [6.07, 6.45) is 5.22. The molecule has 0 unspecified atom stereocenters. The molecule has 0 radical (unpaired) electrons. The first-order chi connectivity index (χ1) is 7.88. The van der Waals surface area contributed by atoms with Crippen LogP contribution in [0.25, 0.3) is 0 Å². The van der Waals surface area contributed by atoms with Gasteiger partial charge in [-0.25, -0.2) is 9.97 Å². The van der Waals surface area contributed by atoms with Gasteiger partial charge in [-0.05, 0) is 25.8 Å². The Bertz CT molecular complexity index is 326. The first kappa shape index (κ1) is 11.1. The van der Waals surface area contributed by atoms with E-state index in [0.717, 1.165) is 25.3 Å². The van der Waals surface area contributed by atoms with E-state index in [-0.39, 0.29) is 0 Å². The molecule has 1 aliphatic rings. The van der Waals surface area contributed by atoms with Gasteiger partial charge in [-0.15, -0.1) is 0 Å². The molecule has 0 aliphatic carbocycles. The van der Waals surface area contributed by atoms with Crippen molar-refractivity contribution in [2.45, 2.75) is 25.3 Å². The molecule has 0 spiro atoms. The van der Waals surface area contributed by atoms with Crippen molar-refractivity contribution in [1.82, 2.24) is 15.3 Å². The van der Waals surface area contributed by atoms with Crippen molar-refractivity contribution in [3.05, 3.63) is 12.4 Å². The van der Waals surface area contributed by atoms with Gasteiger partial charge in [0.1, 0.15) is 12.1 Å². The highest BCUT2D eigenvalue weighted by Gasteiger charge is 2.12. The van der Waals surface area contributed by atoms with Crippen LogP contribution in [0, 0.1) is 0 Å². The predicted molar refractivity (Wildman–Crippen MR) is 62.7 cm³/mol. The summed E-state index contributed by atoms with van der Waals surface area (Å²) >= 11 is 0. The van der Waals surface area contributed by atoms with Crippen LogP contribution in [0.1, 0.15) is 19.3 Å². The van der Waals surface area contributed by atoms with Gasteiger partial charge in [-0.3, -0.25) is 0 Å². The Hall–Kier alpha value is -1.36. The lowest BCUT2D eigenvalue weighted by Gasteiger charge is -2.11. The number of anilines is 1. The van der Waals surface area contributed by atoms with E-state index in [0.29, 0.717) is 11.9 Å². The quantitative estimate of drug-likeness (QED) is 0.779. The topological polar surface area (TPSA) is 59.1 Å². The number of rotatable bonds is 5. The molecule has 2 rings (SSSR count). The van der Waals surface area contributed by atoms with Gasteiger partial charge < -0.3 is 15.4 Å². The lowest BCUT2D eigenvalue weighted by Crippen LogP contribution is -2.24. The lowest BCUT2D eigenvalue weighted by molar-refractivity contribution is 0.397. The molecule has 1 atom stereocenters. The summed E-state index contributed by atoms with van der Waals surface area (Å²) < 4.78 is 5.03. The van der Waals surface area contributed by atoms with Crippen molar-refractivity contribution >= 4 is 5.82 Å². The fourth-order valence-electron chi connectivity index (χ4n) is 1.93. The Morgan fingerprint density at radius 2 is 2.50 bits per heavy atom. The van der Waals surface area contributed by atoms with E-state index >= 15 is 0 Å². The normalized spacial score (nSPS) is 19.7. The average Bonchev–Trinajstić information content (AvgIpc) is 2.82. The molecule has 1 aromatic rings. The van der Waals surface area contributed by atoms with E-state index in [1.807, 2.05) is 6.07 Å². The van der Waals surface area contributed by atoms with Crippen molar-refractivity contribution in [3.8, 4) is 5.88 Å². The largest absolute Gasteiger partial charge is 0.481 e. The number of nitrogens with zero attached hydrogens (tertiary/aromatic N) is 2. The molecule has 1 aromatic heterocycles. The molecule has 88 valence electrons. The zero-order chi connectivity index (χ0) is 11.2. The molecule has 0 amide bonds. The number of nitrogens with one attached hydrogen (secondary N) is 2. The number of ether oxygens (including phenoxy) is 1. The molecule has 0 aromatic carbocycles. The van der Waals surface area contributed by atoms with Gasteiger partial charge in [-0.2, -0.15) is 0 Å². The molecular weight excluding hydrogens is 204 g/mol. The highest BCUT2D eigenvalue weighted by atomic mass is 16.5. The van der Waals surface area contributed by atoms with Crippen LogP contribution in [0.5, 0.6) is 5.88 Å². The predicted octanol–water partition coefficient (Wildman–Crippen LogP) is 1.04. The smallest absolute Gasteiger partial charge is 0.218 e. The van der Waals surface area contributed by atoms with Crippen LogP contribution in [-0.4, -0.2) is 36.2 Å². The van der Waals surface area contributed by atoms with E-state index in [9.17, 15) is 0 Å². The molecule has 1 aliphatic heterocycles. The van der Waals surface area contributed by atoms with Crippen LogP contribution in [-0.2, 0) is 0 Å². The van der Waals surface area contributed by atoms with Crippen molar-refractivity contribution < 1.29 is 4.74 Å². The van der Waals surface area contributed by atoms with Crippen LogP contribution < -0.4 is 15.4 Å².